The van der Waals surface area contributed by atoms with Gasteiger partial charge < -0.3 is 25.1 Å². The predicted octanol–water partition coefficient (Wildman–Crippen LogP) is 5.49. The minimum absolute atomic E-state index is 0.241. The van der Waals surface area contributed by atoms with Gasteiger partial charge >= 0.3 is 0 Å². The molecule has 0 amide bonds. The number of rotatable bonds is 5. The highest BCUT2D eigenvalue weighted by molar-refractivity contribution is 6.00. The molecule has 42 heavy (non-hydrogen) atoms. The quantitative estimate of drug-likeness (QED) is 0.290. The van der Waals surface area contributed by atoms with Crippen molar-refractivity contribution < 1.29 is 4.39 Å². The first-order chi connectivity index (χ1) is 20.4. The van der Waals surface area contributed by atoms with Gasteiger partial charge in [-0.1, -0.05) is 18.2 Å². The summed E-state index contributed by atoms with van der Waals surface area (Å²) in [5.41, 5.74) is 12.0. The first kappa shape index (κ1) is 26.9. The Morgan fingerprint density at radius 3 is 2.36 bits per heavy atom. The fourth-order valence-electron chi connectivity index (χ4n) is 6.83. The summed E-state index contributed by atoms with van der Waals surface area (Å²) in [6.45, 7) is 6.43. The summed E-state index contributed by atoms with van der Waals surface area (Å²) >= 11 is 0. The predicted molar refractivity (Wildman–Crippen MR) is 166 cm³/mol. The fourth-order valence-corrected chi connectivity index (χ4v) is 6.83. The molecule has 9 nitrogen and oxygen atoms in total. The van der Waals surface area contributed by atoms with Gasteiger partial charge in [0.25, 0.3) is 0 Å². The third-order valence-corrected chi connectivity index (χ3v) is 9.37. The van der Waals surface area contributed by atoms with Crippen LogP contribution in [0.4, 0.5) is 21.8 Å². The smallest absolute Gasteiger partial charge is 0.208 e. The molecule has 5 aromatic rings. The van der Waals surface area contributed by atoms with Crippen LogP contribution in [-0.4, -0.2) is 73.2 Å². The molecule has 0 unspecified atom stereocenters. The van der Waals surface area contributed by atoms with E-state index in [0.717, 1.165) is 53.8 Å². The van der Waals surface area contributed by atoms with E-state index in [1.165, 1.54) is 25.9 Å². The normalized spacial score (nSPS) is 20.5. The summed E-state index contributed by atoms with van der Waals surface area (Å²) in [5, 5.41) is 4.25. The van der Waals surface area contributed by atoms with Crippen LogP contribution in [0.15, 0.2) is 48.9 Å². The molecule has 4 heterocycles. The number of halogens is 1. The van der Waals surface area contributed by atoms with Crippen molar-refractivity contribution in [3.63, 3.8) is 0 Å². The molecule has 1 aliphatic heterocycles. The number of anilines is 3. The zero-order valence-electron chi connectivity index (χ0n) is 24.5. The molecule has 218 valence electrons. The first-order valence-electron chi connectivity index (χ1n) is 14.9. The molecule has 0 spiro atoms. The zero-order valence-corrected chi connectivity index (χ0v) is 24.5. The maximum Gasteiger partial charge on any atom is 0.208 e. The van der Waals surface area contributed by atoms with Gasteiger partial charge in [-0.25, -0.2) is 19.3 Å². The zero-order chi connectivity index (χ0) is 29.0. The summed E-state index contributed by atoms with van der Waals surface area (Å²) in [6.07, 6.45) is 8.46. The Labute approximate surface area is 245 Å². The summed E-state index contributed by atoms with van der Waals surface area (Å²) < 4.78 is 18.8. The number of hydrogen-bond acceptors (Lipinski definition) is 7. The summed E-state index contributed by atoms with van der Waals surface area (Å²) in [5.74, 6) is 0.845. The number of piperazine rings is 1. The van der Waals surface area contributed by atoms with E-state index < -0.39 is 0 Å². The number of likely N-dealkylation sites (N-methyl/N-ethyl adjacent to an activating group) is 1. The molecule has 2 aromatic carbocycles. The summed E-state index contributed by atoms with van der Waals surface area (Å²) in [6, 6.07) is 12.9. The molecule has 1 saturated carbocycles. The third-order valence-electron chi connectivity index (χ3n) is 9.37. The number of nitrogens with two attached hydrogens (primary N) is 1. The maximum atomic E-state index is 14.8. The van der Waals surface area contributed by atoms with Crippen molar-refractivity contribution in [1.82, 2.24) is 33.9 Å². The Morgan fingerprint density at radius 1 is 0.905 bits per heavy atom. The highest BCUT2D eigenvalue weighted by Gasteiger charge is 2.30. The number of nitrogen functional groups attached to an aromatic ring is 1. The molecule has 2 fully saturated rings. The second-order valence-electron chi connectivity index (χ2n) is 12.0. The molecule has 0 atom stereocenters. The van der Waals surface area contributed by atoms with Crippen LogP contribution in [0.2, 0.25) is 0 Å². The van der Waals surface area contributed by atoms with Gasteiger partial charge in [0.05, 0.1) is 10.9 Å². The van der Waals surface area contributed by atoms with E-state index in [0.29, 0.717) is 40.4 Å². The monoisotopic (exact) mass is 567 g/mol. The number of nitrogens with zero attached hydrogens (tertiary/aromatic N) is 7. The molecule has 7 rings (SSSR count). The molecular formula is C32H38FN9. The van der Waals surface area contributed by atoms with Gasteiger partial charge in [0.2, 0.25) is 5.95 Å². The van der Waals surface area contributed by atoms with Crippen LogP contribution < -0.4 is 11.1 Å². The largest absolute Gasteiger partial charge is 0.383 e. The van der Waals surface area contributed by atoms with Gasteiger partial charge in [-0.2, -0.15) is 0 Å². The van der Waals surface area contributed by atoms with E-state index >= 15 is 0 Å². The van der Waals surface area contributed by atoms with Crippen LogP contribution in [0.25, 0.3) is 33.2 Å². The summed E-state index contributed by atoms with van der Waals surface area (Å²) in [7, 11) is 4.04. The second kappa shape index (κ2) is 10.7. The molecular weight excluding hydrogens is 529 g/mol. The van der Waals surface area contributed by atoms with Gasteiger partial charge in [0.1, 0.15) is 23.3 Å². The van der Waals surface area contributed by atoms with Crippen molar-refractivity contribution >= 4 is 39.5 Å². The topological polar surface area (TPSA) is 93.1 Å². The second-order valence-corrected chi connectivity index (χ2v) is 12.0. The molecule has 3 aromatic heterocycles. The van der Waals surface area contributed by atoms with Crippen LogP contribution in [0.3, 0.4) is 0 Å². The molecule has 3 N–H and O–H groups in total. The van der Waals surface area contributed by atoms with E-state index in [2.05, 4.69) is 55.0 Å². The van der Waals surface area contributed by atoms with Crippen LogP contribution >= 0.6 is 0 Å². The van der Waals surface area contributed by atoms with Crippen molar-refractivity contribution in [2.45, 2.75) is 44.7 Å². The van der Waals surface area contributed by atoms with Gasteiger partial charge in [-0.3, -0.25) is 4.90 Å². The molecule has 2 aliphatic rings. The van der Waals surface area contributed by atoms with E-state index in [1.54, 1.807) is 23.9 Å². The van der Waals surface area contributed by atoms with Gasteiger partial charge in [-0.15, -0.1) is 0 Å². The van der Waals surface area contributed by atoms with Crippen molar-refractivity contribution in [2.75, 3.05) is 44.3 Å². The number of benzene rings is 2. The Balaban J connectivity index is 1.13. The third kappa shape index (κ3) is 4.68. The average molecular weight is 568 g/mol. The number of nitrogens with one attached hydrogen (secondary N) is 1. The first-order valence-corrected chi connectivity index (χ1v) is 14.9. The lowest BCUT2D eigenvalue weighted by molar-refractivity contribution is 0.0828. The lowest BCUT2D eigenvalue weighted by Gasteiger charge is -2.41. The lowest BCUT2D eigenvalue weighted by Crippen LogP contribution is -2.49. The SMILES string of the molecule is Cc1ccc2nc(Nc3ccc(-c4cn([C@H]5CC[C@H](N6CCN(C)CC6)CC5)c5ncnc(N)c45)cc3)n(C)c2c1F. The molecule has 1 aliphatic carbocycles. The van der Waals surface area contributed by atoms with Crippen LogP contribution in [-0.2, 0) is 7.05 Å². The van der Waals surface area contributed by atoms with Gasteiger partial charge in [0.15, 0.2) is 5.82 Å². The van der Waals surface area contributed by atoms with E-state index in [4.69, 9.17) is 10.7 Å². The molecule has 10 heteroatoms. The Bertz CT molecular complexity index is 1740. The standard InChI is InChI=1S/C32H38FN9/c1-20-4-13-26-29(28(20)33)40(3)32(38-26)37-22-7-5-21(6-8-22)25-18-42(31-27(25)30(34)35-19-36-31)24-11-9-23(10-12-24)41-16-14-39(2)15-17-41/h4-8,13,18-19,23-24H,9-12,14-17H2,1-3H3,(H,37,38)(H2,34,35,36)/t23-,24-. The Hall–Kier alpha value is -4.02. The van der Waals surface area contributed by atoms with Crippen LogP contribution in [0.5, 0.6) is 0 Å². The number of aromatic nitrogens is 5. The number of aryl methyl sites for hydroxylation is 2. The molecule has 0 radical (unpaired) electrons. The van der Waals surface area contributed by atoms with Crippen molar-refractivity contribution in [3.05, 3.63) is 60.3 Å². The molecule has 0 bridgehead atoms. The highest BCUT2D eigenvalue weighted by atomic mass is 19.1. The van der Waals surface area contributed by atoms with Crippen molar-refractivity contribution in [1.29, 1.82) is 0 Å². The van der Waals surface area contributed by atoms with E-state index in [-0.39, 0.29) is 5.82 Å². The van der Waals surface area contributed by atoms with Crippen LogP contribution in [0.1, 0.15) is 37.3 Å². The molecule has 1 saturated heterocycles. The Morgan fingerprint density at radius 2 is 1.62 bits per heavy atom. The number of imidazole rings is 1. The lowest BCUT2D eigenvalue weighted by atomic mass is 9.89. The van der Waals surface area contributed by atoms with E-state index in [1.807, 2.05) is 25.2 Å². The number of fused-ring (bicyclic) bond motifs is 2. The van der Waals surface area contributed by atoms with E-state index in [9.17, 15) is 4.39 Å². The van der Waals surface area contributed by atoms with Crippen LogP contribution in [0, 0.1) is 12.7 Å². The van der Waals surface area contributed by atoms with Gasteiger partial charge in [-0.05, 0) is 69.0 Å². The highest BCUT2D eigenvalue weighted by Crippen LogP contribution is 2.39. The van der Waals surface area contributed by atoms with Gasteiger partial charge in [0, 0.05) is 62.8 Å². The Kier molecular flexibility index (Phi) is 6.82. The maximum absolute atomic E-state index is 14.8. The average Bonchev–Trinajstić information content (AvgIpc) is 3.55. The van der Waals surface area contributed by atoms with Crippen molar-refractivity contribution in [3.8, 4) is 11.1 Å². The summed E-state index contributed by atoms with van der Waals surface area (Å²) in [4.78, 5) is 18.8. The number of hydrogen-bond donors (Lipinski definition) is 2. The minimum Gasteiger partial charge on any atom is -0.383 e. The fraction of sp³-hybridized carbons (Fsp3) is 0.406. The minimum atomic E-state index is -0.241. The van der Waals surface area contributed by atoms with Crippen molar-refractivity contribution in [2.24, 2.45) is 7.05 Å².